The first-order chi connectivity index (χ1) is 13.1. The second-order valence-electron chi connectivity index (χ2n) is 6.99. The number of hydrogen-bond acceptors (Lipinski definition) is 0. The first-order valence-electron chi connectivity index (χ1n) is 8.67. The van der Waals surface area contributed by atoms with E-state index in [1.165, 1.54) is 22.6 Å². The fourth-order valence-electron chi connectivity index (χ4n) is 2.46. The van der Waals surface area contributed by atoms with Gasteiger partial charge in [0.15, 0.2) is 0 Å². The highest BCUT2D eigenvalue weighted by atomic mass is 127. The number of alkyl halides is 14. The molecular formula is C16H20F12I2. The molecule has 0 fully saturated rings. The van der Waals surface area contributed by atoms with Gasteiger partial charge in [0.2, 0.25) is 0 Å². The normalized spacial score (nSPS) is 17.2. The molecule has 0 saturated heterocycles. The lowest BCUT2D eigenvalue weighted by molar-refractivity contribution is -0.425. The molecule has 2 unspecified atom stereocenters. The van der Waals surface area contributed by atoms with E-state index < -0.39 is 56.2 Å². The highest BCUT2D eigenvalue weighted by Gasteiger charge is 2.89. The molecule has 0 saturated carbocycles. The van der Waals surface area contributed by atoms with Crippen LogP contribution in [0.3, 0.4) is 0 Å². The molecule has 0 N–H and O–H groups in total. The van der Waals surface area contributed by atoms with E-state index in [1.807, 2.05) is 0 Å². The first kappa shape index (κ1) is 30.6. The molecule has 0 rings (SSSR count). The van der Waals surface area contributed by atoms with Crippen LogP contribution in [-0.2, 0) is 0 Å². The standard InChI is InChI=1S/C16H20F12I2/c1-3-4-5-6-10(30)8-12(19,20)14(23,24)16(27,28)15(25,26)13(21,22)11(17,18)7-9(2)29/h9-10H,3-8H2,1-2H3. The molecule has 14 heteroatoms. The Balaban J connectivity index is 5.98. The summed E-state index contributed by atoms with van der Waals surface area (Å²) in [7, 11) is 0. The van der Waals surface area contributed by atoms with E-state index in [1.54, 1.807) is 6.92 Å². The predicted octanol–water partition coefficient (Wildman–Crippen LogP) is 8.79. The SMILES string of the molecule is CCCCCC(I)CC(F)(F)C(F)(F)C(F)(F)C(F)(F)C(F)(F)C(F)(F)CC(C)I. The average Bonchev–Trinajstić information content (AvgIpc) is 2.52. The van der Waals surface area contributed by atoms with Gasteiger partial charge >= 0.3 is 35.5 Å². The molecule has 0 bridgehead atoms. The molecule has 0 amide bonds. The third-order valence-corrected chi connectivity index (χ3v) is 5.74. The maximum absolute atomic E-state index is 13.9. The summed E-state index contributed by atoms with van der Waals surface area (Å²) in [6, 6.07) is 0. The van der Waals surface area contributed by atoms with E-state index in [-0.39, 0.29) is 12.8 Å². The van der Waals surface area contributed by atoms with Crippen molar-refractivity contribution in [3.8, 4) is 0 Å². The number of halogens is 14. The molecule has 0 heterocycles. The van der Waals surface area contributed by atoms with Crippen molar-refractivity contribution in [2.75, 3.05) is 0 Å². The van der Waals surface area contributed by atoms with Crippen LogP contribution in [-0.4, -0.2) is 43.4 Å². The van der Waals surface area contributed by atoms with Crippen molar-refractivity contribution in [2.45, 2.75) is 95.8 Å². The van der Waals surface area contributed by atoms with Crippen LogP contribution in [0.5, 0.6) is 0 Å². The Morgan fingerprint density at radius 2 is 0.967 bits per heavy atom. The van der Waals surface area contributed by atoms with Gasteiger partial charge in [-0.2, -0.15) is 52.7 Å². The fourth-order valence-corrected chi connectivity index (χ4v) is 4.01. The van der Waals surface area contributed by atoms with E-state index in [4.69, 9.17) is 0 Å². The smallest absolute Gasteiger partial charge is 0.200 e. The molecule has 0 aliphatic heterocycles. The summed E-state index contributed by atoms with van der Waals surface area (Å²) in [4.78, 5) is 0. The van der Waals surface area contributed by atoms with Gasteiger partial charge < -0.3 is 0 Å². The van der Waals surface area contributed by atoms with Crippen LogP contribution in [0.15, 0.2) is 0 Å². The van der Waals surface area contributed by atoms with E-state index in [0.717, 1.165) is 29.5 Å². The Labute approximate surface area is 193 Å². The zero-order valence-electron chi connectivity index (χ0n) is 15.7. The molecule has 0 aliphatic carbocycles. The van der Waals surface area contributed by atoms with Gasteiger partial charge in [0.25, 0.3) is 0 Å². The molecule has 0 spiro atoms. The van der Waals surface area contributed by atoms with Crippen LogP contribution in [0.25, 0.3) is 0 Å². The van der Waals surface area contributed by atoms with Crippen LogP contribution in [0.2, 0.25) is 0 Å². The topological polar surface area (TPSA) is 0 Å². The van der Waals surface area contributed by atoms with Gasteiger partial charge in [-0.05, 0) is 6.42 Å². The van der Waals surface area contributed by atoms with Crippen LogP contribution in [0.1, 0.15) is 52.4 Å². The molecular weight excluding hydrogens is 674 g/mol. The Morgan fingerprint density at radius 3 is 1.30 bits per heavy atom. The number of rotatable bonds is 13. The largest absolute Gasteiger partial charge is 0.384 e. The van der Waals surface area contributed by atoms with Gasteiger partial charge in [0, 0.05) is 20.7 Å². The van der Waals surface area contributed by atoms with Crippen LogP contribution >= 0.6 is 45.2 Å². The molecule has 0 aromatic rings. The second kappa shape index (κ2) is 10.3. The molecule has 0 nitrogen and oxygen atoms in total. The lowest BCUT2D eigenvalue weighted by Gasteiger charge is -2.42. The third kappa shape index (κ3) is 5.94. The van der Waals surface area contributed by atoms with E-state index in [9.17, 15) is 52.7 Å². The fraction of sp³-hybridized carbons (Fsp3) is 1.00. The van der Waals surface area contributed by atoms with E-state index in [2.05, 4.69) is 0 Å². The molecule has 30 heavy (non-hydrogen) atoms. The van der Waals surface area contributed by atoms with Gasteiger partial charge in [-0.3, -0.25) is 0 Å². The number of unbranched alkanes of at least 4 members (excludes halogenated alkanes) is 2. The molecule has 0 aromatic carbocycles. The first-order valence-corrected chi connectivity index (χ1v) is 11.2. The number of hydrogen-bond donors (Lipinski definition) is 0. The summed E-state index contributed by atoms with van der Waals surface area (Å²) in [6.07, 6.45) is -2.89. The summed E-state index contributed by atoms with van der Waals surface area (Å²) in [5.41, 5.74) is 0. The van der Waals surface area contributed by atoms with Crippen molar-refractivity contribution in [2.24, 2.45) is 0 Å². The molecule has 0 aliphatic rings. The maximum atomic E-state index is 13.9. The average molecular weight is 694 g/mol. The summed E-state index contributed by atoms with van der Waals surface area (Å²) < 4.78 is 162. The van der Waals surface area contributed by atoms with Crippen molar-refractivity contribution in [3.63, 3.8) is 0 Å². The van der Waals surface area contributed by atoms with Gasteiger partial charge in [-0.15, -0.1) is 0 Å². The minimum Gasteiger partial charge on any atom is -0.200 e. The zero-order chi connectivity index (χ0) is 24.4. The Kier molecular flexibility index (Phi) is 10.5. The molecule has 2 atom stereocenters. The molecule has 0 radical (unpaired) electrons. The summed E-state index contributed by atoms with van der Waals surface area (Å²) in [5.74, 6) is -40.7. The van der Waals surface area contributed by atoms with Crippen molar-refractivity contribution < 1.29 is 52.7 Å². The van der Waals surface area contributed by atoms with Crippen molar-refractivity contribution in [1.29, 1.82) is 0 Å². The van der Waals surface area contributed by atoms with Crippen LogP contribution in [0, 0.1) is 0 Å². The van der Waals surface area contributed by atoms with Crippen molar-refractivity contribution in [3.05, 3.63) is 0 Å². The molecule has 0 aromatic heterocycles. The Bertz CT molecular complexity index is 548. The lowest BCUT2D eigenvalue weighted by atomic mass is 9.88. The predicted molar refractivity (Wildman–Crippen MR) is 104 cm³/mol. The van der Waals surface area contributed by atoms with Crippen LogP contribution < -0.4 is 0 Å². The highest BCUT2D eigenvalue weighted by molar-refractivity contribution is 14.1. The Morgan fingerprint density at radius 1 is 0.600 bits per heavy atom. The minimum absolute atomic E-state index is 0.149. The monoisotopic (exact) mass is 694 g/mol. The van der Waals surface area contributed by atoms with E-state index in [0.29, 0.717) is 12.8 Å². The van der Waals surface area contributed by atoms with Gasteiger partial charge in [-0.1, -0.05) is 78.3 Å². The van der Waals surface area contributed by atoms with Gasteiger partial charge in [-0.25, -0.2) is 0 Å². The zero-order valence-corrected chi connectivity index (χ0v) is 20.0. The highest BCUT2D eigenvalue weighted by Crippen LogP contribution is 2.61. The lowest BCUT2D eigenvalue weighted by Crippen LogP contribution is -2.70. The van der Waals surface area contributed by atoms with Gasteiger partial charge in [0.05, 0.1) is 0 Å². The summed E-state index contributed by atoms with van der Waals surface area (Å²) >= 11 is 2.32. The summed E-state index contributed by atoms with van der Waals surface area (Å²) in [5, 5.41) is 0. The van der Waals surface area contributed by atoms with Gasteiger partial charge in [0.1, 0.15) is 0 Å². The second-order valence-corrected chi connectivity index (χ2v) is 10.9. The maximum Gasteiger partial charge on any atom is 0.384 e. The summed E-state index contributed by atoms with van der Waals surface area (Å²) in [6.45, 7) is 2.57. The quantitative estimate of drug-likeness (QED) is 0.0784. The molecule has 182 valence electrons. The van der Waals surface area contributed by atoms with Crippen LogP contribution in [0.4, 0.5) is 52.7 Å². The van der Waals surface area contributed by atoms with Crippen molar-refractivity contribution >= 4 is 45.2 Å². The van der Waals surface area contributed by atoms with E-state index >= 15 is 0 Å². The Hall–Kier alpha value is 0.620. The third-order valence-electron chi connectivity index (χ3n) is 4.24. The minimum atomic E-state index is -7.47. The van der Waals surface area contributed by atoms with Crippen molar-refractivity contribution in [1.82, 2.24) is 0 Å².